The summed E-state index contributed by atoms with van der Waals surface area (Å²) in [6.45, 7) is 1.54. The molecule has 0 saturated heterocycles. The third-order valence-corrected chi connectivity index (χ3v) is 4.78. The van der Waals surface area contributed by atoms with Gasteiger partial charge in [0.15, 0.2) is 0 Å². The van der Waals surface area contributed by atoms with Crippen LogP contribution >= 0.6 is 15.9 Å². The number of benzene rings is 3. The summed E-state index contributed by atoms with van der Waals surface area (Å²) in [5.41, 5.74) is 2.01. The van der Waals surface area contributed by atoms with Crippen LogP contribution in [0.3, 0.4) is 0 Å². The minimum Gasteiger partial charge on any atom is -0.322 e. The lowest BCUT2D eigenvalue weighted by molar-refractivity contribution is -0.385. The largest absolute Gasteiger partial charge is 0.322 e. The number of hydrogen-bond donors (Lipinski definition) is 2. The summed E-state index contributed by atoms with van der Waals surface area (Å²) in [5.74, 6) is -0.695. The van der Waals surface area contributed by atoms with Gasteiger partial charge in [-0.2, -0.15) is 0 Å². The van der Waals surface area contributed by atoms with Crippen LogP contribution in [0.25, 0.3) is 0 Å². The Bertz CT molecular complexity index is 1080. The third kappa shape index (κ3) is 4.85. The number of halogens is 1. The van der Waals surface area contributed by atoms with Gasteiger partial charge in [-0.3, -0.25) is 19.7 Å². The fourth-order valence-electron chi connectivity index (χ4n) is 2.71. The summed E-state index contributed by atoms with van der Waals surface area (Å²) in [6, 6.07) is 17.9. The SMILES string of the molecule is Cc1c(C(=O)Nc2ccc(NC(=O)c3ccc(Br)cc3)cc2)cccc1[N+](=O)[O-]. The van der Waals surface area contributed by atoms with E-state index in [9.17, 15) is 19.7 Å². The van der Waals surface area contributed by atoms with E-state index in [1.54, 1.807) is 48.5 Å². The molecular formula is C21H16BrN3O4. The Morgan fingerprint density at radius 1 is 0.862 bits per heavy atom. The van der Waals surface area contributed by atoms with Gasteiger partial charge in [-0.05, 0) is 61.5 Å². The molecule has 0 unspecified atom stereocenters. The van der Waals surface area contributed by atoms with Crippen LogP contribution in [-0.2, 0) is 0 Å². The number of nitro benzene ring substituents is 1. The Hall–Kier alpha value is -3.52. The lowest BCUT2D eigenvalue weighted by atomic mass is 10.1. The lowest BCUT2D eigenvalue weighted by Crippen LogP contribution is -2.14. The second kappa shape index (κ2) is 8.66. The predicted molar refractivity (Wildman–Crippen MR) is 114 cm³/mol. The number of rotatable bonds is 5. The van der Waals surface area contributed by atoms with Crippen LogP contribution in [0.4, 0.5) is 17.1 Å². The molecular weight excluding hydrogens is 438 g/mol. The minimum absolute atomic E-state index is 0.108. The number of nitro groups is 1. The van der Waals surface area contributed by atoms with Crippen LogP contribution in [0.1, 0.15) is 26.3 Å². The highest BCUT2D eigenvalue weighted by Crippen LogP contribution is 2.22. The van der Waals surface area contributed by atoms with E-state index in [-0.39, 0.29) is 17.2 Å². The second-order valence-corrected chi connectivity index (χ2v) is 7.11. The first-order valence-electron chi connectivity index (χ1n) is 8.57. The molecule has 7 nitrogen and oxygen atoms in total. The van der Waals surface area contributed by atoms with Gasteiger partial charge < -0.3 is 10.6 Å². The highest BCUT2D eigenvalue weighted by molar-refractivity contribution is 9.10. The van der Waals surface area contributed by atoms with E-state index >= 15 is 0 Å². The zero-order valence-corrected chi connectivity index (χ0v) is 16.9. The van der Waals surface area contributed by atoms with Crippen molar-refractivity contribution in [2.75, 3.05) is 10.6 Å². The van der Waals surface area contributed by atoms with Crippen LogP contribution in [0.15, 0.2) is 71.2 Å². The number of carbonyl (C=O) groups excluding carboxylic acids is 2. The Labute approximate surface area is 175 Å². The molecule has 0 saturated carbocycles. The predicted octanol–water partition coefficient (Wildman–Crippen LogP) is 5.17. The maximum Gasteiger partial charge on any atom is 0.273 e. The van der Waals surface area contributed by atoms with Gasteiger partial charge >= 0.3 is 0 Å². The molecule has 2 N–H and O–H groups in total. The van der Waals surface area contributed by atoms with Gasteiger partial charge in [0.05, 0.1) is 4.92 Å². The molecule has 0 aliphatic heterocycles. The summed E-state index contributed by atoms with van der Waals surface area (Å²) < 4.78 is 0.883. The molecule has 0 aromatic heterocycles. The molecule has 0 radical (unpaired) electrons. The first-order chi connectivity index (χ1) is 13.8. The number of anilines is 2. The Kier molecular flexibility index (Phi) is 6.04. The summed E-state index contributed by atoms with van der Waals surface area (Å²) in [6.07, 6.45) is 0. The average molecular weight is 454 g/mol. The summed E-state index contributed by atoms with van der Waals surface area (Å²) in [7, 11) is 0. The maximum atomic E-state index is 12.5. The molecule has 8 heteroatoms. The van der Waals surface area contributed by atoms with Crippen LogP contribution in [-0.4, -0.2) is 16.7 Å². The molecule has 0 heterocycles. The van der Waals surface area contributed by atoms with E-state index in [2.05, 4.69) is 26.6 Å². The van der Waals surface area contributed by atoms with Crippen molar-refractivity contribution in [3.63, 3.8) is 0 Å². The fourth-order valence-corrected chi connectivity index (χ4v) is 2.97. The minimum atomic E-state index is -0.519. The van der Waals surface area contributed by atoms with E-state index in [0.29, 0.717) is 22.5 Å². The van der Waals surface area contributed by atoms with E-state index in [1.165, 1.54) is 25.1 Å². The zero-order chi connectivity index (χ0) is 21.0. The number of carbonyl (C=O) groups is 2. The summed E-state index contributed by atoms with van der Waals surface area (Å²) in [4.78, 5) is 35.2. The van der Waals surface area contributed by atoms with Crippen LogP contribution in [0.2, 0.25) is 0 Å². The Morgan fingerprint density at radius 2 is 1.41 bits per heavy atom. The van der Waals surface area contributed by atoms with Crippen molar-refractivity contribution < 1.29 is 14.5 Å². The van der Waals surface area contributed by atoms with Gasteiger partial charge in [-0.15, -0.1) is 0 Å². The summed E-state index contributed by atoms with van der Waals surface area (Å²) in [5, 5.41) is 16.5. The van der Waals surface area contributed by atoms with Crippen molar-refractivity contribution in [3.8, 4) is 0 Å². The number of hydrogen-bond acceptors (Lipinski definition) is 4. The van der Waals surface area contributed by atoms with E-state index in [0.717, 1.165) is 4.47 Å². The topological polar surface area (TPSA) is 101 Å². The molecule has 0 spiro atoms. The normalized spacial score (nSPS) is 10.3. The molecule has 2 amide bonds. The van der Waals surface area contributed by atoms with Crippen molar-refractivity contribution >= 4 is 44.8 Å². The summed E-state index contributed by atoms with van der Waals surface area (Å²) >= 11 is 3.32. The molecule has 0 aliphatic rings. The standard InChI is InChI=1S/C21H16BrN3O4/c1-13-18(3-2-4-19(13)25(28)29)21(27)24-17-11-9-16(10-12-17)23-20(26)14-5-7-15(22)8-6-14/h2-12H,1H3,(H,23,26)(H,24,27). The van der Waals surface area contributed by atoms with Crippen LogP contribution < -0.4 is 10.6 Å². The van der Waals surface area contributed by atoms with Crippen LogP contribution in [0, 0.1) is 17.0 Å². The molecule has 146 valence electrons. The number of nitrogens with zero attached hydrogens (tertiary/aromatic N) is 1. The van der Waals surface area contributed by atoms with Gasteiger partial charge in [-0.1, -0.05) is 22.0 Å². The molecule has 29 heavy (non-hydrogen) atoms. The van der Waals surface area contributed by atoms with Crippen molar-refractivity contribution in [2.45, 2.75) is 6.92 Å². The van der Waals surface area contributed by atoms with Gasteiger partial charge in [0, 0.05) is 38.6 Å². The van der Waals surface area contributed by atoms with Gasteiger partial charge in [0.1, 0.15) is 0 Å². The lowest BCUT2D eigenvalue weighted by Gasteiger charge is -2.09. The maximum absolute atomic E-state index is 12.5. The zero-order valence-electron chi connectivity index (χ0n) is 15.3. The fraction of sp³-hybridized carbons (Fsp3) is 0.0476. The molecule has 3 aromatic rings. The van der Waals surface area contributed by atoms with Crippen molar-refractivity contribution in [2.24, 2.45) is 0 Å². The average Bonchev–Trinajstić information content (AvgIpc) is 2.69. The third-order valence-electron chi connectivity index (χ3n) is 4.25. The van der Waals surface area contributed by atoms with Crippen molar-refractivity contribution in [3.05, 3.63) is 98.0 Å². The van der Waals surface area contributed by atoms with Crippen LogP contribution in [0.5, 0.6) is 0 Å². The van der Waals surface area contributed by atoms with Crippen molar-refractivity contribution in [1.82, 2.24) is 0 Å². The molecule has 0 atom stereocenters. The first kappa shape index (κ1) is 20.2. The molecule has 3 aromatic carbocycles. The first-order valence-corrected chi connectivity index (χ1v) is 9.37. The molecule has 0 bridgehead atoms. The van der Waals surface area contributed by atoms with E-state index in [4.69, 9.17) is 0 Å². The van der Waals surface area contributed by atoms with E-state index < -0.39 is 10.8 Å². The Balaban J connectivity index is 1.68. The van der Waals surface area contributed by atoms with E-state index in [1.807, 2.05) is 0 Å². The molecule has 3 rings (SSSR count). The monoisotopic (exact) mass is 453 g/mol. The Morgan fingerprint density at radius 3 is 1.97 bits per heavy atom. The van der Waals surface area contributed by atoms with Gasteiger partial charge in [-0.25, -0.2) is 0 Å². The molecule has 0 fully saturated rings. The van der Waals surface area contributed by atoms with Crippen molar-refractivity contribution in [1.29, 1.82) is 0 Å². The number of nitrogens with one attached hydrogen (secondary N) is 2. The number of amides is 2. The van der Waals surface area contributed by atoms with Gasteiger partial charge in [0.25, 0.3) is 17.5 Å². The smallest absolute Gasteiger partial charge is 0.273 e. The highest BCUT2D eigenvalue weighted by Gasteiger charge is 2.18. The quantitative estimate of drug-likeness (QED) is 0.410. The molecule has 0 aliphatic carbocycles. The second-order valence-electron chi connectivity index (χ2n) is 6.20. The van der Waals surface area contributed by atoms with Gasteiger partial charge in [0.2, 0.25) is 0 Å². The highest BCUT2D eigenvalue weighted by atomic mass is 79.9.